The first kappa shape index (κ1) is 9.58. The number of pyridine rings is 1. The number of aromatic nitrogens is 1. The van der Waals surface area contributed by atoms with Gasteiger partial charge >= 0.3 is 0 Å². The number of hydrogen-bond donors (Lipinski definition) is 1. The molecule has 4 heteroatoms. The molecule has 2 heterocycles. The Morgan fingerprint density at radius 2 is 2.21 bits per heavy atom. The zero-order valence-electron chi connectivity index (χ0n) is 8.14. The minimum Gasteiger partial charge on any atom is -0.344 e. The molecule has 0 radical (unpaired) electrons. The van der Waals surface area contributed by atoms with Gasteiger partial charge in [-0.15, -0.1) is 0 Å². The largest absolute Gasteiger partial charge is 0.344 e. The van der Waals surface area contributed by atoms with E-state index in [1.165, 1.54) is 0 Å². The summed E-state index contributed by atoms with van der Waals surface area (Å²) in [7, 11) is 0. The van der Waals surface area contributed by atoms with Gasteiger partial charge in [0.1, 0.15) is 0 Å². The van der Waals surface area contributed by atoms with E-state index in [1.54, 1.807) is 12.4 Å². The standard InChI is InChI=1S/C10H14N2O2/c1-10(8-3-2-4-12-5-8)13-6-9(11)7-14-10/h2-5,9H,6-7,11H2,1H3. The number of ether oxygens (including phenoxy) is 2. The van der Waals surface area contributed by atoms with E-state index in [1.807, 2.05) is 19.1 Å². The maximum atomic E-state index is 5.67. The van der Waals surface area contributed by atoms with Gasteiger partial charge in [0, 0.05) is 18.0 Å². The average Bonchev–Trinajstić information content (AvgIpc) is 2.24. The predicted molar refractivity (Wildman–Crippen MR) is 51.5 cm³/mol. The predicted octanol–water partition coefficient (Wildman–Crippen LogP) is 0.628. The van der Waals surface area contributed by atoms with Crippen molar-refractivity contribution in [2.75, 3.05) is 13.2 Å². The van der Waals surface area contributed by atoms with Gasteiger partial charge in [-0.25, -0.2) is 0 Å². The number of nitrogens with zero attached hydrogens (tertiary/aromatic N) is 1. The molecule has 4 nitrogen and oxygen atoms in total. The van der Waals surface area contributed by atoms with Crippen LogP contribution in [0.2, 0.25) is 0 Å². The lowest BCUT2D eigenvalue weighted by atomic mass is 10.1. The summed E-state index contributed by atoms with van der Waals surface area (Å²) in [6.07, 6.45) is 3.47. The Bertz CT molecular complexity index is 294. The van der Waals surface area contributed by atoms with Crippen molar-refractivity contribution >= 4 is 0 Å². The smallest absolute Gasteiger partial charge is 0.193 e. The average molecular weight is 194 g/mol. The van der Waals surface area contributed by atoms with Gasteiger partial charge in [0.25, 0.3) is 0 Å². The Labute approximate surface area is 83.0 Å². The first-order chi connectivity index (χ1) is 6.71. The van der Waals surface area contributed by atoms with E-state index in [9.17, 15) is 0 Å². The molecule has 0 bridgehead atoms. The molecule has 0 spiro atoms. The summed E-state index contributed by atoms with van der Waals surface area (Å²) in [5.41, 5.74) is 6.59. The van der Waals surface area contributed by atoms with E-state index in [2.05, 4.69) is 4.98 Å². The van der Waals surface area contributed by atoms with Crippen LogP contribution in [0.1, 0.15) is 12.5 Å². The maximum absolute atomic E-state index is 5.67. The molecule has 0 saturated carbocycles. The maximum Gasteiger partial charge on any atom is 0.193 e. The summed E-state index contributed by atoms with van der Waals surface area (Å²) in [6, 6.07) is 3.77. The molecular weight excluding hydrogens is 180 g/mol. The fourth-order valence-electron chi connectivity index (χ4n) is 1.42. The first-order valence-electron chi connectivity index (χ1n) is 4.65. The molecule has 76 valence electrons. The van der Waals surface area contributed by atoms with E-state index in [0.717, 1.165) is 5.56 Å². The van der Waals surface area contributed by atoms with Gasteiger partial charge in [0.2, 0.25) is 0 Å². The fourth-order valence-corrected chi connectivity index (χ4v) is 1.42. The molecule has 0 amide bonds. The highest BCUT2D eigenvalue weighted by Crippen LogP contribution is 2.28. The molecule has 0 aromatic carbocycles. The highest BCUT2D eigenvalue weighted by molar-refractivity contribution is 5.15. The van der Waals surface area contributed by atoms with Gasteiger partial charge < -0.3 is 15.2 Å². The van der Waals surface area contributed by atoms with Crippen LogP contribution in [0.15, 0.2) is 24.5 Å². The van der Waals surface area contributed by atoms with Crippen molar-refractivity contribution in [1.29, 1.82) is 0 Å². The van der Waals surface area contributed by atoms with Crippen molar-refractivity contribution in [2.45, 2.75) is 18.8 Å². The molecule has 0 aliphatic carbocycles. The van der Waals surface area contributed by atoms with Crippen LogP contribution in [0.5, 0.6) is 0 Å². The minimum atomic E-state index is -0.690. The number of hydrogen-bond acceptors (Lipinski definition) is 4. The Hall–Kier alpha value is -0.970. The Morgan fingerprint density at radius 3 is 2.79 bits per heavy atom. The van der Waals surface area contributed by atoms with Crippen LogP contribution in [0.3, 0.4) is 0 Å². The quantitative estimate of drug-likeness (QED) is 0.712. The van der Waals surface area contributed by atoms with Gasteiger partial charge in [-0.05, 0) is 13.0 Å². The molecule has 2 N–H and O–H groups in total. The minimum absolute atomic E-state index is 0.0280. The van der Waals surface area contributed by atoms with Crippen LogP contribution in [0.25, 0.3) is 0 Å². The van der Waals surface area contributed by atoms with Crippen molar-refractivity contribution < 1.29 is 9.47 Å². The van der Waals surface area contributed by atoms with Crippen LogP contribution in [-0.2, 0) is 15.3 Å². The molecule has 0 unspecified atom stereocenters. The van der Waals surface area contributed by atoms with E-state index >= 15 is 0 Å². The lowest BCUT2D eigenvalue weighted by Gasteiger charge is -2.36. The highest BCUT2D eigenvalue weighted by Gasteiger charge is 2.33. The summed E-state index contributed by atoms with van der Waals surface area (Å²) < 4.78 is 11.2. The molecule has 14 heavy (non-hydrogen) atoms. The summed E-state index contributed by atoms with van der Waals surface area (Å²) in [5.74, 6) is -0.690. The van der Waals surface area contributed by atoms with Gasteiger partial charge in [-0.1, -0.05) is 6.07 Å². The monoisotopic (exact) mass is 194 g/mol. The van der Waals surface area contributed by atoms with Crippen molar-refractivity contribution in [3.63, 3.8) is 0 Å². The molecule has 1 aromatic heterocycles. The van der Waals surface area contributed by atoms with E-state index in [-0.39, 0.29) is 6.04 Å². The number of nitrogens with two attached hydrogens (primary N) is 1. The molecule has 1 fully saturated rings. The second-order valence-corrected chi connectivity index (χ2v) is 3.57. The third-order valence-corrected chi connectivity index (χ3v) is 2.33. The lowest BCUT2D eigenvalue weighted by molar-refractivity contribution is -0.270. The van der Waals surface area contributed by atoms with Crippen LogP contribution in [0, 0.1) is 0 Å². The second kappa shape index (κ2) is 3.65. The molecule has 1 aliphatic heterocycles. The summed E-state index contributed by atoms with van der Waals surface area (Å²) in [5, 5.41) is 0. The zero-order chi connectivity index (χ0) is 10.0. The molecule has 1 saturated heterocycles. The Kier molecular flexibility index (Phi) is 2.50. The fraction of sp³-hybridized carbons (Fsp3) is 0.500. The second-order valence-electron chi connectivity index (χ2n) is 3.57. The summed E-state index contributed by atoms with van der Waals surface area (Å²) >= 11 is 0. The van der Waals surface area contributed by atoms with Crippen LogP contribution in [0.4, 0.5) is 0 Å². The van der Waals surface area contributed by atoms with Gasteiger partial charge in [0.05, 0.1) is 19.3 Å². The van der Waals surface area contributed by atoms with Crippen molar-refractivity contribution in [2.24, 2.45) is 5.73 Å². The van der Waals surface area contributed by atoms with Crippen LogP contribution < -0.4 is 5.73 Å². The first-order valence-corrected chi connectivity index (χ1v) is 4.65. The van der Waals surface area contributed by atoms with E-state index in [0.29, 0.717) is 13.2 Å². The van der Waals surface area contributed by atoms with Gasteiger partial charge in [-0.2, -0.15) is 0 Å². The Morgan fingerprint density at radius 1 is 1.50 bits per heavy atom. The lowest BCUT2D eigenvalue weighted by Crippen LogP contribution is -2.46. The third kappa shape index (κ3) is 1.77. The third-order valence-electron chi connectivity index (χ3n) is 2.33. The molecule has 1 aromatic rings. The van der Waals surface area contributed by atoms with E-state index in [4.69, 9.17) is 15.2 Å². The van der Waals surface area contributed by atoms with E-state index < -0.39 is 5.79 Å². The molecule has 1 aliphatic rings. The topological polar surface area (TPSA) is 57.4 Å². The number of rotatable bonds is 1. The highest BCUT2D eigenvalue weighted by atomic mass is 16.7. The summed E-state index contributed by atoms with van der Waals surface area (Å²) in [6.45, 7) is 2.92. The molecule has 2 rings (SSSR count). The van der Waals surface area contributed by atoms with Crippen LogP contribution in [-0.4, -0.2) is 24.2 Å². The SMILES string of the molecule is CC1(c2cccnc2)OCC(N)CO1. The van der Waals surface area contributed by atoms with Crippen molar-refractivity contribution in [3.8, 4) is 0 Å². The molecule has 0 atom stereocenters. The molecular formula is C10H14N2O2. The van der Waals surface area contributed by atoms with Gasteiger partial charge in [0.15, 0.2) is 5.79 Å². The van der Waals surface area contributed by atoms with Crippen molar-refractivity contribution in [1.82, 2.24) is 4.98 Å². The van der Waals surface area contributed by atoms with Crippen LogP contribution >= 0.6 is 0 Å². The van der Waals surface area contributed by atoms with Crippen molar-refractivity contribution in [3.05, 3.63) is 30.1 Å². The van der Waals surface area contributed by atoms with Gasteiger partial charge in [-0.3, -0.25) is 4.98 Å². The Balaban J connectivity index is 2.17. The zero-order valence-corrected chi connectivity index (χ0v) is 8.14. The normalized spacial score (nSPS) is 32.9. The summed E-state index contributed by atoms with van der Waals surface area (Å²) in [4.78, 5) is 4.03.